The van der Waals surface area contributed by atoms with Crippen molar-refractivity contribution in [3.05, 3.63) is 23.8 Å². The van der Waals surface area contributed by atoms with Gasteiger partial charge >= 0.3 is 0 Å². The van der Waals surface area contributed by atoms with Crippen LogP contribution in [0.5, 0.6) is 0 Å². The summed E-state index contributed by atoms with van der Waals surface area (Å²) in [7, 11) is 2.13. The van der Waals surface area contributed by atoms with E-state index in [-0.39, 0.29) is 17.3 Å². The molecule has 0 saturated carbocycles. The van der Waals surface area contributed by atoms with E-state index in [1.807, 2.05) is 0 Å². The number of benzene rings is 1. The number of amides is 1. The molecule has 2 aromatic rings. The maximum Gasteiger partial charge on any atom is 0.230 e. The first-order chi connectivity index (χ1) is 12.5. The molecule has 26 heavy (non-hydrogen) atoms. The molecule has 2 saturated heterocycles. The number of nitrogens with zero attached hydrogens (tertiary/aromatic N) is 3. The number of halogens is 2. The lowest BCUT2D eigenvalue weighted by Crippen LogP contribution is -2.46. The summed E-state index contributed by atoms with van der Waals surface area (Å²) in [6, 6.07) is 2.57. The van der Waals surface area contributed by atoms with Crippen LogP contribution in [0.1, 0.15) is 19.3 Å². The topological polar surface area (TPSA) is 48.5 Å². The van der Waals surface area contributed by atoms with Crippen LogP contribution in [0.2, 0.25) is 0 Å². The first-order valence-corrected chi connectivity index (χ1v) is 9.80. The van der Waals surface area contributed by atoms with Gasteiger partial charge < -0.3 is 10.2 Å². The van der Waals surface area contributed by atoms with Crippen molar-refractivity contribution in [1.29, 1.82) is 0 Å². The van der Waals surface area contributed by atoms with E-state index >= 15 is 0 Å². The quantitative estimate of drug-likeness (QED) is 0.890. The fraction of sp³-hybridized carbons (Fsp3) is 0.556. The Morgan fingerprint density at radius 3 is 2.88 bits per heavy atom. The van der Waals surface area contributed by atoms with E-state index in [9.17, 15) is 13.6 Å². The number of fused-ring (bicyclic) bond motifs is 1. The minimum absolute atomic E-state index is 0.0824. The number of piperidine rings is 1. The zero-order valence-corrected chi connectivity index (χ0v) is 15.5. The van der Waals surface area contributed by atoms with Gasteiger partial charge in [-0.2, -0.15) is 0 Å². The lowest BCUT2D eigenvalue weighted by molar-refractivity contribution is -0.121. The van der Waals surface area contributed by atoms with Crippen LogP contribution in [0.4, 0.5) is 13.9 Å². The molecule has 140 valence electrons. The molecule has 0 aliphatic carbocycles. The van der Waals surface area contributed by atoms with E-state index in [1.54, 1.807) is 0 Å². The van der Waals surface area contributed by atoms with Gasteiger partial charge in [0.25, 0.3) is 0 Å². The number of likely N-dealkylation sites (N-methyl/N-ethyl adjacent to an activating group) is 1. The van der Waals surface area contributed by atoms with Crippen molar-refractivity contribution in [1.82, 2.24) is 14.8 Å². The zero-order valence-electron chi connectivity index (χ0n) is 14.7. The second-order valence-corrected chi connectivity index (χ2v) is 8.31. The van der Waals surface area contributed by atoms with Crippen molar-refractivity contribution in [2.24, 2.45) is 5.92 Å². The molecule has 0 spiro atoms. The average molecular weight is 380 g/mol. The number of nitrogens with one attached hydrogen (secondary N) is 1. The molecule has 2 unspecified atom stereocenters. The third-order valence-electron chi connectivity index (χ3n) is 5.35. The first kappa shape index (κ1) is 17.8. The van der Waals surface area contributed by atoms with Crippen molar-refractivity contribution >= 4 is 32.6 Å². The molecule has 2 atom stereocenters. The van der Waals surface area contributed by atoms with E-state index in [0.29, 0.717) is 15.9 Å². The van der Waals surface area contributed by atoms with Gasteiger partial charge in [-0.3, -0.25) is 9.69 Å². The molecule has 1 aromatic carbocycles. The minimum atomic E-state index is -0.703. The van der Waals surface area contributed by atoms with Crippen LogP contribution in [-0.4, -0.2) is 60.0 Å². The Bertz CT molecular complexity index is 827. The molecule has 2 fully saturated rings. The Morgan fingerprint density at radius 2 is 2.12 bits per heavy atom. The predicted molar refractivity (Wildman–Crippen MR) is 98.4 cm³/mol. The number of hydrogen-bond donors (Lipinski definition) is 1. The summed E-state index contributed by atoms with van der Waals surface area (Å²) in [6.45, 7) is 3.94. The maximum absolute atomic E-state index is 13.8. The Kier molecular flexibility index (Phi) is 4.90. The van der Waals surface area contributed by atoms with E-state index in [2.05, 4.69) is 27.1 Å². The zero-order chi connectivity index (χ0) is 18.3. The van der Waals surface area contributed by atoms with Crippen LogP contribution < -0.4 is 5.32 Å². The van der Waals surface area contributed by atoms with Crippen molar-refractivity contribution in [3.63, 3.8) is 0 Å². The molecular formula is C18H22F2N4OS. The number of likely N-dealkylation sites (tertiary alicyclic amines) is 2. The van der Waals surface area contributed by atoms with Crippen molar-refractivity contribution < 1.29 is 13.6 Å². The van der Waals surface area contributed by atoms with Gasteiger partial charge in [0, 0.05) is 25.2 Å². The Morgan fingerprint density at radius 1 is 1.27 bits per heavy atom. The minimum Gasteiger partial charge on any atom is -0.305 e. The highest BCUT2D eigenvalue weighted by atomic mass is 32.1. The average Bonchev–Trinajstić information content (AvgIpc) is 3.21. The van der Waals surface area contributed by atoms with Crippen molar-refractivity contribution in [3.8, 4) is 0 Å². The summed E-state index contributed by atoms with van der Waals surface area (Å²) < 4.78 is 27.5. The summed E-state index contributed by atoms with van der Waals surface area (Å²) in [6.07, 6.45) is 2.99. The van der Waals surface area contributed by atoms with Crippen LogP contribution in [-0.2, 0) is 4.79 Å². The molecule has 2 aliphatic rings. The third kappa shape index (κ3) is 3.58. The summed E-state index contributed by atoms with van der Waals surface area (Å²) in [5.41, 5.74) is 0.103. The highest BCUT2D eigenvalue weighted by Gasteiger charge is 2.32. The fourth-order valence-electron chi connectivity index (χ4n) is 3.98. The first-order valence-electron chi connectivity index (χ1n) is 8.98. The van der Waals surface area contributed by atoms with Crippen LogP contribution in [0.25, 0.3) is 10.2 Å². The molecule has 3 heterocycles. The SMILES string of the molecule is CN1CCC(N2CCCC(C(=O)Nc3nc4c(F)cc(F)cc4s3)C2)C1. The van der Waals surface area contributed by atoms with Gasteiger partial charge in [0.1, 0.15) is 11.3 Å². The lowest BCUT2D eigenvalue weighted by atomic mass is 9.95. The van der Waals surface area contributed by atoms with E-state index in [4.69, 9.17) is 0 Å². The molecule has 1 amide bonds. The number of carbonyl (C=O) groups excluding carboxylic acids is 1. The van der Waals surface area contributed by atoms with Gasteiger partial charge in [-0.15, -0.1) is 0 Å². The molecule has 0 radical (unpaired) electrons. The highest BCUT2D eigenvalue weighted by molar-refractivity contribution is 7.22. The van der Waals surface area contributed by atoms with Crippen LogP contribution in [0, 0.1) is 17.6 Å². The number of rotatable bonds is 3. The number of carbonyl (C=O) groups is 1. The second-order valence-electron chi connectivity index (χ2n) is 7.28. The predicted octanol–water partition coefficient (Wildman–Crippen LogP) is 2.93. The summed E-state index contributed by atoms with van der Waals surface area (Å²) >= 11 is 1.10. The van der Waals surface area contributed by atoms with Gasteiger partial charge in [0.15, 0.2) is 10.9 Å². The Labute approximate surface area is 155 Å². The van der Waals surface area contributed by atoms with Gasteiger partial charge in [0.05, 0.1) is 10.6 Å². The smallest absolute Gasteiger partial charge is 0.230 e. The number of hydrogen-bond acceptors (Lipinski definition) is 5. The largest absolute Gasteiger partial charge is 0.305 e. The van der Waals surface area contributed by atoms with Crippen LogP contribution in [0.3, 0.4) is 0 Å². The lowest BCUT2D eigenvalue weighted by Gasteiger charge is -2.36. The van der Waals surface area contributed by atoms with Gasteiger partial charge in [-0.25, -0.2) is 13.8 Å². The van der Waals surface area contributed by atoms with Gasteiger partial charge in [-0.05, 0) is 45.5 Å². The third-order valence-corrected chi connectivity index (χ3v) is 6.27. The second kappa shape index (κ2) is 7.17. The van der Waals surface area contributed by atoms with Gasteiger partial charge in [-0.1, -0.05) is 11.3 Å². The monoisotopic (exact) mass is 380 g/mol. The molecule has 8 heteroatoms. The fourth-order valence-corrected chi connectivity index (χ4v) is 4.89. The number of anilines is 1. The van der Waals surface area contributed by atoms with E-state index in [1.165, 1.54) is 6.07 Å². The van der Waals surface area contributed by atoms with Crippen molar-refractivity contribution in [2.75, 3.05) is 38.5 Å². The molecule has 4 rings (SSSR count). The molecule has 2 aliphatic heterocycles. The van der Waals surface area contributed by atoms with Crippen molar-refractivity contribution in [2.45, 2.75) is 25.3 Å². The summed E-state index contributed by atoms with van der Waals surface area (Å²) in [5, 5.41) is 3.14. The van der Waals surface area contributed by atoms with Crippen LogP contribution >= 0.6 is 11.3 Å². The molecule has 5 nitrogen and oxygen atoms in total. The van der Waals surface area contributed by atoms with E-state index < -0.39 is 11.6 Å². The van der Waals surface area contributed by atoms with Crippen LogP contribution in [0.15, 0.2) is 12.1 Å². The normalized spacial score (nSPS) is 25.0. The number of thiazole rings is 1. The summed E-state index contributed by atoms with van der Waals surface area (Å²) in [4.78, 5) is 21.5. The molecule has 1 aromatic heterocycles. The highest BCUT2D eigenvalue weighted by Crippen LogP contribution is 2.30. The Balaban J connectivity index is 1.43. The number of aromatic nitrogens is 1. The van der Waals surface area contributed by atoms with Gasteiger partial charge in [0.2, 0.25) is 5.91 Å². The molecule has 0 bridgehead atoms. The Hall–Kier alpha value is -1.64. The standard InChI is InChI=1S/C18H22F2N4OS/c1-23-6-4-13(10-23)24-5-2-3-11(9-24)17(25)22-18-21-16-14(20)7-12(19)8-15(16)26-18/h7-8,11,13H,2-6,9-10H2,1H3,(H,21,22,25). The molecule has 1 N–H and O–H groups in total. The maximum atomic E-state index is 13.8. The van der Waals surface area contributed by atoms with E-state index in [0.717, 1.165) is 62.8 Å². The summed E-state index contributed by atoms with van der Waals surface area (Å²) in [5.74, 6) is -1.52. The molecular weight excluding hydrogens is 358 g/mol.